The Morgan fingerprint density at radius 1 is 1.19 bits per heavy atom. The molecule has 1 N–H and O–H groups in total. The van der Waals surface area contributed by atoms with Crippen LogP contribution in [0.15, 0.2) is 76.7 Å². The number of hydrogen-bond acceptors (Lipinski definition) is 5. The molecule has 6 heteroatoms. The summed E-state index contributed by atoms with van der Waals surface area (Å²) in [6.45, 7) is 2.28. The number of carbonyl (C=O) groups is 1. The molecule has 5 rings (SSSR count). The summed E-state index contributed by atoms with van der Waals surface area (Å²) in [4.78, 5) is 17.5. The molecule has 3 aromatic rings. The molecule has 31 heavy (non-hydrogen) atoms. The first-order chi connectivity index (χ1) is 15.2. The lowest BCUT2D eigenvalue weighted by Gasteiger charge is -2.23. The van der Waals surface area contributed by atoms with Gasteiger partial charge in [0.15, 0.2) is 0 Å². The molecule has 1 fully saturated rings. The molecule has 1 aliphatic heterocycles. The van der Waals surface area contributed by atoms with E-state index in [-0.39, 0.29) is 24.5 Å². The zero-order chi connectivity index (χ0) is 21.2. The number of aromatic nitrogens is 1. The van der Waals surface area contributed by atoms with Crippen LogP contribution in [0.2, 0.25) is 0 Å². The van der Waals surface area contributed by atoms with Crippen LogP contribution in [0, 0.1) is 12.8 Å². The Labute approximate surface area is 182 Å². The number of nitrogens with zero attached hydrogens (tertiary/aromatic N) is 3. The molecular weight excluding hydrogens is 388 g/mol. The molecule has 2 aromatic heterocycles. The van der Waals surface area contributed by atoms with Crippen LogP contribution in [-0.4, -0.2) is 28.2 Å². The van der Waals surface area contributed by atoms with Gasteiger partial charge in [-0.25, -0.2) is 5.01 Å². The smallest absolute Gasteiger partial charge is 0.257 e. The number of pyridine rings is 1. The van der Waals surface area contributed by atoms with Crippen LogP contribution >= 0.6 is 0 Å². The Bertz CT molecular complexity index is 1060. The van der Waals surface area contributed by atoms with Gasteiger partial charge in [0.05, 0.1) is 18.5 Å². The molecule has 6 nitrogen and oxygen atoms in total. The molecule has 1 aromatic carbocycles. The molecule has 1 amide bonds. The Morgan fingerprint density at radius 2 is 2.03 bits per heavy atom. The van der Waals surface area contributed by atoms with Crippen LogP contribution in [0.4, 0.5) is 0 Å². The molecule has 1 saturated carbocycles. The van der Waals surface area contributed by atoms with Crippen molar-refractivity contribution in [2.24, 2.45) is 11.0 Å². The summed E-state index contributed by atoms with van der Waals surface area (Å²) < 4.78 is 5.65. The van der Waals surface area contributed by atoms with Gasteiger partial charge in [-0.3, -0.25) is 9.78 Å². The minimum absolute atomic E-state index is 0.0574. The highest BCUT2D eigenvalue weighted by Gasteiger charge is 2.36. The second-order valence-electron chi connectivity index (χ2n) is 8.37. The zero-order valence-corrected chi connectivity index (χ0v) is 17.6. The van der Waals surface area contributed by atoms with Crippen molar-refractivity contribution in [3.05, 3.63) is 89.6 Å². The molecule has 0 bridgehead atoms. The predicted molar refractivity (Wildman–Crippen MR) is 118 cm³/mol. The molecule has 2 aliphatic rings. The fourth-order valence-corrected chi connectivity index (χ4v) is 4.19. The molecule has 0 unspecified atom stereocenters. The van der Waals surface area contributed by atoms with Crippen LogP contribution in [0.25, 0.3) is 0 Å². The third-order valence-electron chi connectivity index (χ3n) is 6.03. The summed E-state index contributed by atoms with van der Waals surface area (Å²) in [6, 6.07) is 16.0. The Hall–Kier alpha value is -3.25. The number of furan rings is 1. The quantitative estimate of drug-likeness (QED) is 0.622. The Balaban J connectivity index is 1.35. The number of benzene rings is 1. The van der Waals surface area contributed by atoms with Gasteiger partial charge in [-0.1, -0.05) is 35.9 Å². The lowest BCUT2D eigenvalue weighted by Crippen LogP contribution is -2.37. The van der Waals surface area contributed by atoms with Crippen LogP contribution in [-0.2, 0) is 4.79 Å². The first-order valence-corrected chi connectivity index (χ1v) is 10.8. The minimum atomic E-state index is -0.224. The second-order valence-corrected chi connectivity index (χ2v) is 8.37. The predicted octanol–water partition coefficient (Wildman–Crippen LogP) is 4.40. The van der Waals surface area contributed by atoms with Crippen molar-refractivity contribution in [3.63, 3.8) is 0 Å². The van der Waals surface area contributed by atoms with Crippen molar-refractivity contribution in [2.75, 3.05) is 6.54 Å². The highest BCUT2D eigenvalue weighted by atomic mass is 16.3. The Morgan fingerprint density at radius 3 is 2.71 bits per heavy atom. The van der Waals surface area contributed by atoms with E-state index in [2.05, 4.69) is 47.6 Å². The number of rotatable bonds is 7. The van der Waals surface area contributed by atoms with Crippen molar-refractivity contribution in [1.82, 2.24) is 15.3 Å². The topological polar surface area (TPSA) is 70.7 Å². The SMILES string of the molecule is Cc1ccc(C2=NN(C(=O)CN[C@@H](c3cccnc3)C3CC3)[C@@H](c3ccco3)C2)cc1. The third kappa shape index (κ3) is 4.30. The Kier molecular flexibility index (Phi) is 5.38. The number of aryl methyl sites for hydroxylation is 1. The largest absolute Gasteiger partial charge is 0.467 e. The summed E-state index contributed by atoms with van der Waals surface area (Å²) in [5.74, 6) is 1.26. The van der Waals surface area contributed by atoms with Gasteiger partial charge in [0, 0.05) is 24.9 Å². The van der Waals surface area contributed by atoms with Gasteiger partial charge in [0.2, 0.25) is 0 Å². The van der Waals surface area contributed by atoms with E-state index in [0.29, 0.717) is 12.3 Å². The van der Waals surface area contributed by atoms with Gasteiger partial charge in [0.1, 0.15) is 11.8 Å². The zero-order valence-electron chi connectivity index (χ0n) is 17.6. The maximum Gasteiger partial charge on any atom is 0.257 e. The van der Waals surface area contributed by atoms with Crippen LogP contribution in [0.5, 0.6) is 0 Å². The summed E-state index contributed by atoms with van der Waals surface area (Å²) in [6.07, 6.45) is 8.29. The summed E-state index contributed by atoms with van der Waals surface area (Å²) in [5.41, 5.74) is 4.27. The summed E-state index contributed by atoms with van der Waals surface area (Å²) in [7, 11) is 0. The number of hydrazone groups is 1. The molecule has 2 atom stereocenters. The first-order valence-electron chi connectivity index (χ1n) is 10.8. The first kappa shape index (κ1) is 19.7. The van der Waals surface area contributed by atoms with E-state index in [1.54, 1.807) is 17.5 Å². The fraction of sp³-hybridized carbons (Fsp3) is 0.320. The normalized spacial score (nSPS) is 19.3. The molecule has 3 heterocycles. The van der Waals surface area contributed by atoms with Crippen LogP contribution < -0.4 is 5.32 Å². The van der Waals surface area contributed by atoms with E-state index in [4.69, 9.17) is 9.52 Å². The number of amides is 1. The highest BCUT2D eigenvalue weighted by molar-refractivity contribution is 6.03. The number of carbonyl (C=O) groups excluding carboxylic acids is 1. The van der Waals surface area contributed by atoms with Gasteiger partial charge in [0.25, 0.3) is 5.91 Å². The highest BCUT2D eigenvalue weighted by Crippen LogP contribution is 2.41. The van der Waals surface area contributed by atoms with Gasteiger partial charge in [-0.05, 0) is 55.0 Å². The molecule has 0 saturated heterocycles. The molecule has 158 valence electrons. The van der Waals surface area contributed by atoms with Gasteiger partial charge in [-0.15, -0.1) is 0 Å². The average Bonchev–Trinajstić information content (AvgIpc) is 3.30. The van der Waals surface area contributed by atoms with Gasteiger partial charge >= 0.3 is 0 Å². The van der Waals surface area contributed by atoms with Gasteiger partial charge in [-0.2, -0.15) is 5.10 Å². The van der Waals surface area contributed by atoms with Crippen molar-refractivity contribution in [2.45, 2.75) is 38.3 Å². The van der Waals surface area contributed by atoms with E-state index in [1.165, 1.54) is 18.4 Å². The molecule has 1 aliphatic carbocycles. The van der Waals surface area contributed by atoms with Gasteiger partial charge < -0.3 is 9.73 Å². The standard InChI is InChI=1S/C25H26N4O2/c1-17-6-8-18(9-7-17)21-14-22(23-5-3-13-31-23)29(28-21)24(30)16-27-25(19-10-11-19)20-4-2-12-26-15-20/h2-9,12-13,15,19,22,25,27H,10-11,14,16H2,1H3/t22-,25-/m1/s1. The summed E-state index contributed by atoms with van der Waals surface area (Å²) in [5, 5.41) is 9.79. The van der Waals surface area contributed by atoms with Crippen molar-refractivity contribution in [3.8, 4) is 0 Å². The monoisotopic (exact) mass is 414 g/mol. The minimum Gasteiger partial charge on any atom is -0.467 e. The maximum absolute atomic E-state index is 13.3. The van der Waals surface area contributed by atoms with E-state index in [0.717, 1.165) is 22.6 Å². The van der Waals surface area contributed by atoms with E-state index < -0.39 is 0 Å². The lowest BCUT2D eigenvalue weighted by molar-refractivity contribution is -0.132. The van der Waals surface area contributed by atoms with Crippen molar-refractivity contribution >= 4 is 11.6 Å². The number of hydrogen-bond donors (Lipinski definition) is 1. The maximum atomic E-state index is 13.3. The second kappa shape index (κ2) is 8.47. The van der Waals surface area contributed by atoms with E-state index >= 15 is 0 Å². The fourth-order valence-electron chi connectivity index (χ4n) is 4.19. The van der Waals surface area contributed by atoms with E-state index in [1.807, 2.05) is 24.4 Å². The molecular formula is C25H26N4O2. The van der Waals surface area contributed by atoms with Crippen molar-refractivity contribution < 1.29 is 9.21 Å². The summed E-state index contributed by atoms with van der Waals surface area (Å²) >= 11 is 0. The van der Waals surface area contributed by atoms with Crippen LogP contribution in [0.1, 0.15) is 53.8 Å². The number of nitrogens with one attached hydrogen (secondary N) is 1. The van der Waals surface area contributed by atoms with Crippen LogP contribution in [0.3, 0.4) is 0 Å². The lowest BCUT2D eigenvalue weighted by atomic mass is 10.0. The van der Waals surface area contributed by atoms with Crippen molar-refractivity contribution in [1.29, 1.82) is 0 Å². The average molecular weight is 415 g/mol. The third-order valence-corrected chi connectivity index (χ3v) is 6.03. The van der Waals surface area contributed by atoms with E-state index in [9.17, 15) is 4.79 Å². The molecule has 0 spiro atoms. The molecule has 0 radical (unpaired) electrons.